The molecule has 0 saturated carbocycles. The maximum absolute atomic E-state index is 5.99. The van der Waals surface area contributed by atoms with Gasteiger partial charge in [-0.2, -0.15) is 11.8 Å². The van der Waals surface area contributed by atoms with Crippen molar-refractivity contribution in [3.8, 4) is 0 Å². The molecule has 94 valence electrons. The van der Waals surface area contributed by atoms with Crippen molar-refractivity contribution in [3.63, 3.8) is 0 Å². The number of rotatable bonds is 2. The quantitative estimate of drug-likeness (QED) is 0.470. The summed E-state index contributed by atoms with van der Waals surface area (Å²) in [6.07, 6.45) is 6.57. The molecule has 5 heteroatoms. The zero-order valence-electron chi connectivity index (χ0n) is 9.73. The summed E-state index contributed by atoms with van der Waals surface area (Å²) >= 11 is 2.05. The lowest BCUT2D eigenvalue weighted by Crippen LogP contribution is -2.41. The van der Waals surface area contributed by atoms with Crippen molar-refractivity contribution in [1.82, 2.24) is 4.90 Å². The number of nitrogens with zero attached hydrogens (tertiary/aromatic N) is 2. The van der Waals surface area contributed by atoms with Crippen LogP contribution in [0.25, 0.3) is 0 Å². The summed E-state index contributed by atoms with van der Waals surface area (Å²) < 4.78 is 0. The molecule has 3 nitrogen and oxygen atoms in total. The van der Waals surface area contributed by atoms with Crippen molar-refractivity contribution < 1.29 is 0 Å². The Labute approximate surface area is 120 Å². The Morgan fingerprint density at radius 1 is 1.25 bits per heavy atom. The highest BCUT2D eigenvalue weighted by atomic mass is 127. The minimum absolute atomic E-state index is 0. The van der Waals surface area contributed by atoms with E-state index in [4.69, 9.17) is 5.73 Å². The summed E-state index contributed by atoms with van der Waals surface area (Å²) in [5.74, 6) is 2.09. The van der Waals surface area contributed by atoms with Crippen LogP contribution in [0.15, 0.2) is 4.99 Å². The van der Waals surface area contributed by atoms with Crippen LogP contribution < -0.4 is 5.73 Å². The van der Waals surface area contributed by atoms with Gasteiger partial charge in [0.05, 0.1) is 6.54 Å². The van der Waals surface area contributed by atoms with Crippen LogP contribution in [0.2, 0.25) is 0 Å². The molecule has 0 radical (unpaired) electrons. The zero-order chi connectivity index (χ0) is 10.5. The summed E-state index contributed by atoms with van der Waals surface area (Å²) in [5, 5.41) is 0.730. The second-order valence-corrected chi connectivity index (χ2v) is 5.79. The molecule has 2 saturated heterocycles. The normalized spacial score (nSPS) is 26.6. The van der Waals surface area contributed by atoms with E-state index in [1.165, 1.54) is 37.9 Å². The van der Waals surface area contributed by atoms with E-state index in [0.717, 1.165) is 30.8 Å². The van der Waals surface area contributed by atoms with Gasteiger partial charge in [-0.15, -0.1) is 24.0 Å². The van der Waals surface area contributed by atoms with Crippen LogP contribution in [-0.2, 0) is 0 Å². The van der Waals surface area contributed by atoms with Gasteiger partial charge in [0.2, 0.25) is 0 Å². The van der Waals surface area contributed by atoms with Gasteiger partial charge in [-0.25, -0.2) is 0 Å². The van der Waals surface area contributed by atoms with E-state index in [1.807, 2.05) is 11.8 Å². The highest BCUT2D eigenvalue weighted by molar-refractivity contribution is 14.0. The van der Waals surface area contributed by atoms with E-state index in [0.29, 0.717) is 0 Å². The predicted molar refractivity (Wildman–Crippen MR) is 82.8 cm³/mol. The Kier molecular flexibility index (Phi) is 6.87. The lowest BCUT2D eigenvalue weighted by atomic mass is 10.1. The van der Waals surface area contributed by atoms with E-state index in [2.05, 4.69) is 9.89 Å². The number of piperidine rings is 1. The number of hydrogen-bond acceptors (Lipinski definition) is 2. The number of nitrogens with two attached hydrogens (primary N) is 1. The first-order valence-electron chi connectivity index (χ1n) is 6.03. The molecule has 2 aliphatic rings. The van der Waals surface area contributed by atoms with Gasteiger partial charge in [0.1, 0.15) is 0 Å². The SMILES string of the molecule is I.NC(=NCC1CCCS1)N1CCCCC1. The van der Waals surface area contributed by atoms with Crippen LogP contribution in [0.5, 0.6) is 0 Å². The van der Waals surface area contributed by atoms with Gasteiger partial charge >= 0.3 is 0 Å². The van der Waals surface area contributed by atoms with Crippen LogP contribution in [-0.4, -0.2) is 41.5 Å². The molecule has 1 unspecified atom stereocenters. The first-order chi connectivity index (χ1) is 7.36. The predicted octanol–water partition coefficient (Wildman–Crippen LogP) is 2.30. The average Bonchev–Trinajstić information content (AvgIpc) is 2.80. The molecule has 2 fully saturated rings. The molecule has 1 atom stereocenters. The van der Waals surface area contributed by atoms with E-state index >= 15 is 0 Å². The molecule has 0 aromatic carbocycles. The second kappa shape index (κ2) is 7.63. The molecule has 16 heavy (non-hydrogen) atoms. The van der Waals surface area contributed by atoms with Gasteiger partial charge in [0, 0.05) is 18.3 Å². The summed E-state index contributed by atoms with van der Waals surface area (Å²) in [5.41, 5.74) is 5.99. The minimum atomic E-state index is 0. The van der Waals surface area contributed by atoms with Gasteiger partial charge < -0.3 is 10.6 Å². The molecule has 2 aliphatic heterocycles. The van der Waals surface area contributed by atoms with Crippen LogP contribution in [0.4, 0.5) is 0 Å². The number of likely N-dealkylation sites (tertiary alicyclic amines) is 1. The molecule has 0 bridgehead atoms. The fraction of sp³-hybridized carbons (Fsp3) is 0.909. The Morgan fingerprint density at radius 3 is 2.62 bits per heavy atom. The van der Waals surface area contributed by atoms with Crippen molar-refractivity contribution in [2.75, 3.05) is 25.4 Å². The van der Waals surface area contributed by atoms with E-state index in [9.17, 15) is 0 Å². The third-order valence-corrected chi connectivity index (χ3v) is 4.54. The number of thioether (sulfide) groups is 1. The molecule has 0 spiro atoms. The van der Waals surface area contributed by atoms with Crippen molar-refractivity contribution in [3.05, 3.63) is 0 Å². The average molecular weight is 355 g/mol. The van der Waals surface area contributed by atoms with E-state index in [-0.39, 0.29) is 24.0 Å². The smallest absolute Gasteiger partial charge is 0.191 e. The highest BCUT2D eigenvalue weighted by Crippen LogP contribution is 2.26. The Hall–Kier alpha value is 0.350. The fourth-order valence-corrected chi connectivity index (χ4v) is 3.39. The first-order valence-corrected chi connectivity index (χ1v) is 7.07. The van der Waals surface area contributed by atoms with Crippen molar-refractivity contribution in [1.29, 1.82) is 0 Å². The Balaban J connectivity index is 0.00000128. The van der Waals surface area contributed by atoms with Gasteiger partial charge in [0.25, 0.3) is 0 Å². The van der Waals surface area contributed by atoms with Crippen molar-refractivity contribution in [2.24, 2.45) is 10.7 Å². The highest BCUT2D eigenvalue weighted by Gasteiger charge is 2.16. The van der Waals surface area contributed by atoms with Crippen LogP contribution in [0.1, 0.15) is 32.1 Å². The molecule has 2 rings (SSSR count). The first kappa shape index (κ1) is 14.4. The lowest BCUT2D eigenvalue weighted by Gasteiger charge is -2.27. The molecule has 0 aliphatic carbocycles. The second-order valence-electron chi connectivity index (χ2n) is 4.38. The third kappa shape index (κ3) is 4.31. The molecule has 0 amide bonds. The number of aliphatic imine (C=N–C) groups is 1. The van der Waals surface area contributed by atoms with Crippen molar-refractivity contribution in [2.45, 2.75) is 37.4 Å². The van der Waals surface area contributed by atoms with Gasteiger partial charge in [-0.1, -0.05) is 0 Å². The molecule has 0 aromatic rings. The Bertz CT molecular complexity index is 223. The zero-order valence-corrected chi connectivity index (χ0v) is 12.9. The maximum atomic E-state index is 5.99. The summed E-state index contributed by atoms with van der Waals surface area (Å²) in [6, 6.07) is 0. The maximum Gasteiger partial charge on any atom is 0.191 e. The van der Waals surface area contributed by atoms with Gasteiger partial charge in [0.15, 0.2) is 5.96 Å². The number of hydrogen-bond donors (Lipinski definition) is 1. The molecule has 2 N–H and O–H groups in total. The summed E-state index contributed by atoms with van der Waals surface area (Å²) in [7, 11) is 0. The topological polar surface area (TPSA) is 41.6 Å². The third-order valence-electron chi connectivity index (χ3n) is 3.16. The standard InChI is InChI=1S/C11H21N3S.HI/c12-11(14-6-2-1-3-7-14)13-9-10-5-4-8-15-10;/h10H,1-9H2,(H2,12,13);1H. The summed E-state index contributed by atoms with van der Waals surface area (Å²) in [4.78, 5) is 6.77. The monoisotopic (exact) mass is 355 g/mol. The van der Waals surface area contributed by atoms with Gasteiger partial charge in [-0.3, -0.25) is 4.99 Å². The molecular weight excluding hydrogens is 333 g/mol. The largest absolute Gasteiger partial charge is 0.370 e. The molecular formula is C11H22IN3S. The van der Waals surface area contributed by atoms with Crippen molar-refractivity contribution >= 4 is 41.7 Å². The lowest BCUT2D eigenvalue weighted by molar-refractivity contribution is 0.338. The minimum Gasteiger partial charge on any atom is -0.370 e. The Morgan fingerprint density at radius 2 is 2.00 bits per heavy atom. The van der Waals surface area contributed by atoms with Gasteiger partial charge in [-0.05, 0) is 37.9 Å². The molecule has 0 aromatic heterocycles. The number of halogens is 1. The van der Waals surface area contributed by atoms with E-state index < -0.39 is 0 Å². The summed E-state index contributed by atoms with van der Waals surface area (Å²) in [6.45, 7) is 3.13. The molecule has 2 heterocycles. The fourth-order valence-electron chi connectivity index (χ4n) is 2.21. The van der Waals surface area contributed by atoms with Crippen LogP contribution in [0, 0.1) is 0 Å². The van der Waals surface area contributed by atoms with Crippen LogP contribution in [0.3, 0.4) is 0 Å². The van der Waals surface area contributed by atoms with Crippen LogP contribution >= 0.6 is 35.7 Å². The van der Waals surface area contributed by atoms with E-state index in [1.54, 1.807) is 0 Å². The number of guanidine groups is 1.